The molecule has 1 aliphatic carbocycles. The normalized spacial score (nSPS) is 15.7. The lowest BCUT2D eigenvalue weighted by atomic mass is 9.92. The smallest absolute Gasteiger partial charge is 0.435 e. The third-order valence-corrected chi connectivity index (χ3v) is 5.37. The summed E-state index contributed by atoms with van der Waals surface area (Å²) in [6.07, 6.45) is 1.62. The van der Waals surface area contributed by atoms with E-state index in [0.717, 1.165) is 30.5 Å². The Morgan fingerprint density at radius 1 is 1.31 bits per heavy atom. The van der Waals surface area contributed by atoms with Gasteiger partial charge in [-0.2, -0.15) is 9.94 Å². The SMILES string of the molecule is COc1nn(C(=O)OC(C)(C)C)c2ccc(OC3CCCc4cc(C#N)c(Cl)nc43)cc12. The molecular weight excluding hydrogens is 432 g/mol. The first-order valence-electron chi connectivity index (χ1n) is 10.3. The molecule has 0 bridgehead atoms. The molecule has 1 aromatic carbocycles. The van der Waals surface area contributed by atoms with Gasteiger partial charge in [-0.3, -0.25) is 0 Å². The zero-order valence-corrected chi connectivity index (χ0v) is 19.1. The second kappa shape index (κ2) is 8.32. The Hall–Kier alpha value is -3.31. The van der Waals surface area contributed by atoms with Crippen LogP contribution in [-0.4, -0.2) is 33.6 Å². The number of carbonyl (C=O) groups is 1. The molecule has 0 spiro atoms. The zero-order valence-electron chi connectivity index (χ0n) is 18.3. The summed E-state index contributed by atoms with van der Waals surface area (Å²) in [6, 6.07) is 9.15. The van der Waals surface area contributed by atoms with Crippen LogP contribution in [-0.2, 0) is 11.2 Å². The lowest BCUT2D eigenvalue weighted by molar-refractivity contribution is 0.0520. The van der Waals surface area contributed by atoms with Crippen molar-refractivity contribution in [2.45, 2.75) is 51.7 Å². The number of nitrogens with zero attached hydrogens (tertiary/aromatic N) is 4. The number of halogens is 1. The van der Waals surface area contributed by atoms with E-state index < -0.39 is 11.7 Å². The minimum Gasteiger partial charge on any atom is -0.484 e. The van der Waals surface area contributed by atoms with Crippen LogP contribution in [0.2, 0.25) is 5.15 Å². The largest absolute Gasteiger partial charge is 0.484 e. The van der Waals surface area contributed by atoms with Crippen LogP contribution in [0.5, 0.6) is 11.6 Å². The van der Waals surface area contributed by atoms with Crippen LogP contribution in [0.15, 0.2) is 24.3 Å². The van der Waals surface area contributed by atoms with E-state index in [1.54, 1.807) is 45.0 Å². The molecule has 4 rings (SSSR count). The van der Waals surface area contributed by atoms with E-state index in [-0.39, 0.29) is 11.3 Å². The van der Waals surface area contributed by atoms with Crippen LogP contribution in [0.1, 0.15) is 56.5 Å². The van der Waals surface area contributed by atoms with E-state index in [0.29, 0.717) is 28.1 Å². The van der Waals surface area contributed by atoms with Crippen molar-refractivity contribution in [3.05, 3.63) is 46.2 Å². The number of hydrogen-bond acceptors (Lipinski definition) is 7. The molecule has 1 unspecified atom stereocenters. The van der Waals surface area contributed by atoms with Crippen molar-refractivity contribution in [2.75, 3.05) is 7.11 Å². The number of methoxy groups -OCH3 is 1. The maximum atomic E-state index is 12.6. The van der Waals surface area contributed by atoms with Gasteiger partial charge < -0.3 is 14.2 Å². The summed E-state index contributed by atoms with van der Waals surface area (Å²) in [6.45, 7) is 5.38. The molecule has 32 heavy (non-hydrogen) atoms. The maximum absolute atomic E-state index is 12.6. The van der Waals surface area contributed by atoms with Crippen molar-refractivity contribution in [3.63, 3.8) is 0 Å². The molecule has 0 fully saturated rings. The van der Waals surface area contributed by atoms with Crippen LogP contribution in [0.4, 0.5) is 4.79 Å². The van der Waals surface area contributed by atoms with Gasteiger partial charge >= 0.3 is 6.09 Å². The molecular formula is C23H23ClN4O4. The van der Waals surface area contributed by atoms with Crippen molar-refractivity contribution in [1.29, 1.82) is 5.26 Å². The van der Waals surface area contributed by atoms with Gasteiger partial charge in [0, 0.05) is 0 Å². The number of hydrogen-bond donors (Lipinski definition) is 0. The lowest BCUT2D eigenvalue weighted by Crippen LogP contribution is -2.27. The number of aromatic nitrogens is 3. The Labute approximate surface area is 190 Å². The highest BCUT2D eigenvalue weighted by Crippen LogP contribution is 2.36. The molecule has 2 heterocycles. The first-order chi connectivity index (χ1) is 15.2. The summed E-state index contributed by atoms with van der Waals surface area (Å²) >= 11 is 6.16. The van der Waals surface area contributed by atoms with E-state index in [4.69, 9.17) is 25.8 Å². The minimum absolute atomic E-state index is 0.178. The number of nitriles is 1. The summed E-state index contributed by atoms with van der Waals surface area (Å²) in [5.74, 6) is 0.875. The number of fused-ring (bicyclic) bond motifs is 2. The summed E-state index contributed by atoms with van der Waals surface area (Å²) in [5.41, 5.74) is 1.98. The number of pyridine rings is 1. The Morgan fingerprint density at radius 2 is 2.09 bits per heavy atom. The van der Waals surface area contributed by atoms with E-state index in [2.05, 4.69) is 16.2 Å². The van der Waals surface area contributed by atoms with Gasteiger partial charge in [-0.25, -0.2) is 9.78 Å². The van der Waals surface area contributed by atoms with Crippen molar-refractivity contribution < 1.29 is 19.0 Å². The quantitative estimate of drug-likeness (QED) is 0.501. The molecule has 0 aliphatic heterocycles. The zero-order chi connectivity index (χ0) is 23.0. The number of aryl methyl sites for hydroxylation is 1. The number of ether oxygens (including phenoxy) is 3. The highest BCUT2D eigenvalue weighted by Gasteiger charge is 2.27. The van der Waals surface area contributed by atoms with Crippen molar-refractivity contribution >= 4 is 28.6 Å². The predicted molar refractivity (Wildman–Crippen MR) is 118 cm³/mol. The second-order valence-electron chi connectivity index (χ2n) is 8.56. The lowest BCUT2D eigenvalue weighted by Gasteiger charge is -2.25. The van der Waals surface area contributed by atoms with Gasteiger partial charge in [0.15, 0.2) is 0 Å². The fourth-order valence-corrected chi connectivity index (χ4v) is 3.92. The Kier molecular flexibility index (Phi) is 5.70. The van der Waals surface area contributed by atoms with Crippen molar-refractivity contribution in [3.8, 4) is 17.7 Å². The predicted octanol–water partition coefficient (Wildman–Crippen LogP) is 5.20. The van der Waals surface area contributed by atoms with E-state index in [1.165, 1.54) is 11.8 Å². The van der Waals surface area contributed by atoms with Gasteiger partial charge in [0.25, 0.3) is 0 Å². The van der Waals surface area contributed by atoms with Crippen molar-refractivity contribution in [1.82, 2.24) is 14.8 Å². The number of rotatable bonds is 3. The Morgan fingerprint density at radius 3 is 2.78 bits per heavy atom. The first-order valence-corrected chi connectivity index (χ1v) is 10.6. The van der Waals surface area contributed by atoms with Gasteiger partial charge in [0.05, 0.1) is 29.3 Å². The fourth-order valence-electron chi connectivity index (χ4n) is 3.73. The highest BCUT2D eigenvalue weighted by atomic mass is 35.5. The van der Waals surface area contributed by atoms with Crippen molar-refractivity contribution in [2.24, 2.45) is 0 Å². The number of benzene rings is 1. The highest BCUT2D eigenvalue weighted by molar-refractivity contribution is 6.30. The molecule has 1 atom stereocenters. The Balaban J connectivity index is 1.67. The molecule has 3 aromatic rings. The molecule has 8 nitrogen and oxygen atoms in total. The summed E-state index contributed by atoms with van der Waals surface area (Å²) in [5, 5.41) is 14.3. The Bertz CT molecular complexity index is 1240. The van der Waals surface area contributed by atoms with E-state index in [9.17, 15) is 10.1 Å². The second-order valence-corrected chi connectivity index (χ2v) is 8.92. The molecule has 1 aliphatic rings. The minimum atomic E-state index is -0.653. The third kappa shape index (κ3) is 4.21. The molecule has 0 saturated heterocycles. The third-order valence-electron chi connectivity index (χ3n) is 5.08. The monoisotopic (exact) mass is 454 g/mol. The average Bonchev–Trinajstić information content (AvgIpc) is 3.11. The summed E-state index contributed by atoms with van der Waals surface area (Å²) in [7, 11) is 1.49. The average molecular weight is 455 g/mol. The number of carbonyl (C=O) groups excluding carboxylic acids is 1. The van der Waals surface area contributed by atoms with Crippen LogP contribution in [0.25, 0.3) is 10.9 Å². The van der Waals surface area contributed by atoms with Crippen LogP contribution in [0, 0.1) is 11.3 Å². The maximum Gasteiger partial charge on any atom is 0.435 e. The molecule has 0 amide bonds. The van der Waals surface area contributed by atoms with Gasteiger partial charge in [-0.15, -0.1) is 5.10 Å². The molecule has 9 heteroatoms. The summed E-state index contributed by atoms with van der Waals surface area (Å²) < 4.78 is 18.3. The van der Waals surface area contributed by atoms with Crippen LogP contribution < -0.4 is 9.47 Å². The summed E-state index contributed by atoms with van der Waals surface area (Å²) in [4.78, 5) is 17.0. The first kappa shape index (κ1) is 21.9. The molecule has 166 valence electrons. The van der Waals surface area contributed by atoms with Crippen LogP contribution >= 0.6 is 11.6 Å². The van der Waals surface area contributed by atoms with Crippen LogP contribution in [0.3, 0.4) is 0 Å². The standard InChI is InChI=1S/C23H23ClN4O4/c1-23(2,3)32-22(29)28-17-9-8-15(11-16(17)21(27-28)30-4)31-18-7-5-6-13-10-14(12-25)20(24)26-19(13)18/h8-11,18H,5-7H2,1-4H3. The van der Waals surface area contributed by atoms with E-state index >= 15 is 0 Å². The van der Waals surface area contributed by atoms with Gasteiger partial charge in [-0.1, -0.05) is 11.6 Å². The molecule has 2 aromatic heterocycles. The fraction of sp³-hybridized carbons (Fsp3) is 0.391. The molecule has 0 radical (unpaired) electrons. The molecule has 0 saturated carbocycles. The van der Waals surface area contributed by atoms with Gasteiger partial charge in [-0.05, 0) is 69.9 Å². The van der Waals surface area contributed by atoms with Gasteiger partial charge in [0.1, 0.15) is 28.7 Å². The topological polar surface area (TPSA) is 99.3 Å². The molecule has 0 N–H and O–H groups in total. The van der Waals surface area contributed by atoms with E-state index in [1.807, 2.05) is 0 Å². The van der Waals surface area contributed by atoms with Gasteiger partial charge in [0.2, 0.25) is 5.88 Å².